The summed E-state index contributed by atoms with van der Waals surface area (Å²) >= 11 is 1.69. The monoisotopic (exact) mass is 567 g/mol. The summed E-state index contributed by atoms with van der Waals surface area (Å²) in [6, 6.07) is 2.73. The Labute approximate surface area is 219 Å². The third-order valence-corrected chi connectivity index (χ3v) is 7.85. The summed E-state index contributed by atoms with van der Waals surface area (Å²) < 4.78 is 66.3. The number of aliphatic hydroxyl groups is 1. The molecular weight excluding hydrogens is 537 g/mol. The molecule has 14 heteroatoms. The lowest BCUT2D eigenvalue weighted by Gasteiger charge is -2.32. The fraction of sp³-hybridized carbons (Fsp3) is 0.625. The van der Waals surface area contributed by atoms with Crippen molar-refractivity contribution in [2.75, 3.05) is 26.7 Å². The molecular formula is C24H30F5N3O5S. The highest BCUT2D eigenvalue weighted by atomic mass is 32.2. The predicted molar refractivity (Wildman–Crippen MR) is 132 cm³/mol. The Kier molecular flexibility index (Phi) is 10.4. The van der Waals surface area contributed by atoms with E-state index in [1.807, 2.05) is 11.9 Å². The highest BCUT2D eigenvalue weighted by molar-refractivity contribution is 7.99. The van der Waals surface area contributed by atoms with Gasteiger partial charge in [0.15, 0.2) is 0 Å². The lowest BCUT2D eigenvalue weighted by Crippen LogP contribution is -2.41. The second-order valence-corrected chi connectivity index (χ2v) is 10.8. The van der Waals surface area contributed by atoms with Gasteiger partial charge in [0, 0.05) is 29.8 Å². The summed E-state index contributed by atoms with van der Waals surface area (Å²) in [6.07, 6.45) is -2.13. The van der Waals surface area contributed by atoms with E-state index < -0.39 is 29.7 Å². The number of aliphatic carboxylic acids is 1. The number of thioether (sulfide) groups is 1. The number of hydrogen-bond acceptors (Lipinski definition) is 7. The minimum Gasteiger partial charge on any atom is -0.493 e. The summed E-state index contributed by atoms with van der Waals surface area (Å²) in [6.45, 7) is 1.34. The molecule has 0 amide bonds. The largest absolute Gasteiger partial charge is 0.493 e. The number of ether oxygens (including phenoxy) is 1. The molecule has 1 aliphatic carbocycles. The molecule has 2 heterocycles. The van der Waals surface area contributed by atoms with E-state index in [1.54, 1.807) is 17.8 Å². The van der Waals surface area contributed by atoms with Crippen LogP contribution in [-0.2, 0) is 10.5 Å². The molecule has 2 fully saturated rings. The van der Waals surface area contributed by atoms with Crippen molar-refractivity contribution >= 4 is 28.6 Å². The highest BCUT2D eigenvalue weighted by Crippen LogP contribution is 2.30. The smallest absolute Gasteiger partial charge is 0.490 e. The van der Waals surface area contributed by atoms with Gasteiger partial charge in [0.2, 0.25) is 0 Å². The molecule has 212 valence electrons. The number of aliphatic hydroxyl groups excluding tert-OH is 1. The molecule has 1 aromatic carbocycles. The van der Waals surface area contributed by atoms with Crippen LogP contribution in [0.4, 0.5) is 22.0 Å². The minimum atomic E-state index is -5.08. The Morgan fingerprint density at radius 3 is 2.50 bits per heavy atom. The normalized spacial score (nSPS) is 24.5. The van der Waals surface area contributed by atoms with Crippen molar-refractivity contribution in [2.45, 2.75) is 61.6 Å². The fourth-order valence-electron chi connectivity index (χ4n) is 4.30. The van der Waals surface area contributed by atoms with Crippen molar-refractivity contribution < 1.29 is 41.7 Å². The van der Waals surface area contributed by atoms with Crippen LogP contribution in [0.5, 0.6) is 5.75 Å². The number of halogens is 5. The molecule has 0 spiro atoms. The van der Waals surface area contributed by atoms with E-state index in [9.17, 15) is 31.9 Å². The van der Waals surface area contributed by atoms with Crippen molar-refractivity contribution in [3.8, 4) is 5.75 Å². The number of rotatable bonds is 6. The van der Waals surface area contributed by atoms with E-state index in [0.29, 0.717) is 29.8 Å². The highest BCUT2D eigenvalue weighted by Gasteiger charge is 2.38. The van der Waals surface area contributed by atoms with Gasteiger partial charge in [-0.3, -0.25) is 4.79 Å². The van der Waals surface area contributed by atoms with Gasteiger partial charge in [0.1, 0.15) is 28.9 Å². The molecule has 2 aliphatic rings. The number of benzene rings is 1. The third kappa shape index (κ3) is 8.53. The first-order valence-electron chi connectivity index (χ1n) is 12.1. The Bertz CT molecular complexity index is 1160. The molecule has 0 radical (unpaired) electrons. The maximum absolute atomic E-state index is 14.6. The number of fused-ring (bicyclic) bond motifs is 1. The summed E-state index contributed by atoms with van der Waals surface area (Å²) in [7, 11) is 1.89. The van der Waals surface area contributed by atoms with Gasteiger partial charge < -0.3 is 24.8 Å². The number of hydrogen-bond donors (Lipinski definition) is 3. The molecule has 0 unspecified atom stereocenters. The van der Waals surface area contributed by atoms with Crippen LogP contribution in [0.1, 0.15) is 37.9 Å². The first-order chi connectivity index (χ1) is 17.8. The number of carboxylic acids is 1. The van der Waals surface area contributed by atoms with Crippen LogP contribution < -0.4 is 10.3 Å². The zero-order chi connectivity index (χ0) is 28.0. The average Bonchev–Trinajstić information content (AvgIpc) is 2.82. The number of carboxylic acid groups (broad SMARTS) is 1. The number of aromatic nitrogens is 2. The Balaban J connectivity index is 0.000000505. The maximum Gasteiger partial charge on any atom is 0.490 e. The van der Waals surface area contributed by atoms with Crippen molar-refractivity contribution in [3.63, 3.8) is 0 Å². The Hall–Kier alpha value is -2.45. The summed E-state index contributed by atoms with van der Waals surface area (Å²) in [5, 5.41) is 17.1. The van der Waals surface area contributed by atoms with Gasteiger partial charge in [-0.25, -0.2) is 18.6 Å². The summed E-state index contributed by atoms with van der Waals surface area (Å²) in [5.74, 6) is -2.42. The van der Waals surface area contributed by atoms with E-state index >= 15 is 0 Å². The summed E-state index contributed by atoms with van der Waals surface area (Å²) in [4.78, 5) is 30.4. The van der Waals surface area contributed by atoms with Crippen LogP contribution in [0.2, 0.25) is 0 Å². The zero-order valence-electron chi connectivity index (χ0n) is 20.6. The molecule has 38 heavy (non-hydrogen) atoms. The van der Waals surface area contributed by atoms with Crippen molar-refractivity contribution in [1.82, 2.24) is 14.9 Å². The standard InChI is InChI=1S/C22H29F2N3O3S.C2HF3O2/c1-27-7-6-13(18(24)10-27)11-30-15-8-17(23)21-19(9-15)25-20(26-22(21)29)12-31-16-4-2-14(28)3-5-16;3-2(4,5)1(6)7/h8-9,13-14,16,18,28H,2-7,10-12H2,1H3,(H,25,26,29);(H,6,7)/t13-,14-,16-,18+;/m1./s1. The number of H-pyrrole nitrogens is 1. The van der Waals surface area contributed by atoms with E-state index in [-0.39, 0.29) is 35.3 Å². The van der Waals surface area contributed by atoms with E-state index in [1.165, 1.54) is 6.07 Å². The quantitative estimate of drug-likeness (QED) is 0.451. The molecule has 1 aliphatic heterocycles. The number of aromatic amines is 1. The lowest BCUT2D eigenvalue weighted by atomic mass is 9.96. The van der Waals surface area contributed by atoms with Gasteiger partial charge in [0.05, 0.1) is 24.0 Å². The lowest BCUT2D eigenvalue weighted by molar-refractivity contribution is -0.192. The van der Waals surface area contributed by atoms with Gasteiger partial charge in [0.25, 0.3) is 5.56 Å². The third-order valence-electron chi connectivity index (χ3n) is 6.47. The van der Waals surface area contributed by atoms with Crippen LogP contribution in [0.3, 0.4) is 0 Å². The van der Waals surface area contributed by atoms with Crippen molar-refractivity contribution in [1.29, 1.82) is 0 Å². The van der Waals surface area contributed by atoms with Crippen LogP contribution >= 0.6 is 11.8 Å². The van der Waals surface area contributed by atoms with Crippen LogP contribution in [-0.4, -0.2) is 81.5 Å². The molecule has 1 saturated carbocycles. The number of nitrogens with one attached hydrogen (secondary N) is 1. The molecule has 2 aromatic rings. The molecule has 1 aromatic heterocycles. The summed E-state index contributed by atoms with van der Waals surface area (Å²) in [5.41, 5.74) is -0.267. The maximum atomic E-state index is 14.6. The molecule has 0 bridgehead atoms. The van der Waals surface area contributed by atoms with E-state index in [2.05, 4.69) is 9.97 Å². The molecule has 3 N–H and O–H groups in total. The van der Waals surface area contributed by atoms with E-state index in [4.69, 9.17) is 14.6 Å². The SMILES string of the molecule is CN1CC[C@H](COc2cc(F)c3c(=O)[nH]c(CS[C@H]4CC[C@H](O)CC4)nc3c2)[C@@H](F)C1.O=C(O)C(F)(F)F. The predicted octanol–water partition coefficient (Wildman–Crippen LogP) is 3.90. The molecule has 1 saturated heterocycles. The zero-order valence-corrected chi connectivity index (χ0v) is 21.5. The fourth-order valence-corrected chi connectivity index (χ4v) is 5.44. The number of carbonyl (C=O) groups is 1. The van der Waals surface area contributed by atoms with E-state index in [0.717, 1.165) is 32.2 Å². The first kappa shape index (κ1) is 30.1. The Morgan fingerprint density at radius 1 is 1.24 bits per heavy atom. The average molecular weight is 568 g/mol. The number of nitrogens with zero attached hydrogens (tertiary/aromatic N) is 2. The minimum absolute atomic E-state index is 0.0930. The van der Waals surface area contributed by atoms with Crippen LogP contribution in [0.15, 0.2) is 16.9 Å². The second kappa shape index (κ2) is 13.1. The molecule has 4 rings (SSSR count). The number of piperidine rings is 1. The topological polar surface area (TPSA) is 116 Å². The van der Waals surface area contributed by atoms with Gasteiger partial charge >= 0.3 is 12.1 Å². The number of alkyl halides is 4. The second-order valence-electron chi connectivity index (χ2n) is 9.49. The number of likely N-dealkylation sites (tertiary alicyclic amines) is 1. The molecule has 8 nitrogen and oxygen atoms in total. The van der Waals surface area contributed by atoms with Gasteiger partial charge in [-0.2, -0.15) is 24.9 Å². The molecule has 2 atom stereocenters. The van der Waals surface area contributed by atoms with Gasteiger partial charge in [-0.05, 0) is 45.7 Å². The van der Waals surface area contributed by atoms with Crippen molar-refractivity contribution in [3.05, 3.63) is 34.1 Å². The van der Waals surface area contributed by atoms with Gasteiger partial charge in [-0.1, -0.05) is 0 Å². The van der Waals surface area contributed by atoms with Gasteiger partial charge in [-0.15, -0.1) is 0 Å². The first-order valence-corrected chi connectivity index (χ1v) is 13.2. The van der Waals surface area contributed by atoms with Crippen molar-refractivity contribution in [2.24, 2.45) is 5.92 Å². The van der Waals surface area contributed by atoms with Crippen LogP contribution in [0, 0.1) is 11.7 Å². The van der Waals surface area contributed by atoms with Crippen LogP contribution in [0.25, 0.3) is 10.9 Å². The Morgan fingerprint density at radius 2 is 1.89 bits per heavy atom.